The number of nitrogens with zero attached hydrogens (tertiary/aromatic N) is 1. The van der Waals surface area contributed by atoms with Crippen LogP contribution in [0.5, 0.6) is 0 Å². The van der Waals surface area contributed by atoms with Crippen molar-refractivity contribution in [2.24, 2.45) is 0 Å². The van der Waals surface area contributed by atoms with E-state index in [0.717, 1.165) is 11.1 Å². The van der Waals surface area contributed by atoms with Crippen LogP contribution in [0, 0.1) is 0 Å². The number of benzene rings is 2. The predicted octanol–water partition coefficient (Wildman–Crippen LogP) is 9.87. The van der Waals surface area contributed by atoms with E-state index in [2.05, 4.69) is 62.3 Å². The second kappa shape index (κ2) is 29.6. The van der Waals surface area contributed by atoms with Gasteiger partial charge in [-0.3, -0.25) is 0 Å². The maximum atomic E-state index is 9.91. The summed E-state index contributed by atoms with van der Waals surface area (Å²) in [7, 11) is 0.412. The first-order valence-corrected chi connectivity index (χ1v) is 20.5. The Bertz CT molecular complexity index is 599. The quantitative estimate of drug-likeness (QED) is 0.133. The van der Waals surface area contributed by atoms with Gasteiger partial charge in [-0.25, -0.2) is 0 Å². The van der Waals surface area contributed by atoms with Crippen LogP contribution < -0.4 is 0 Å². The first-order chi connectivity index (χ1) is 16.9. The van der Waals surface area contributed by atoms with Crippen molar-refractivity contribution in [3.05, 3.63) is 77.2 Å². The molecule has 2 aromatic carbocycles. The Kier molecular flexibility index (Phi) is 33.3. The van der Waals surface area contributed by atoms with Gasteiger partial charge in [-0.05, 0) is 97.2 Å². The van der Waals surface area contributed by atoms with E-state index in [9.17, 15) is 5.41 Å². The van der Waals surface area contributed by atoms with Crippen LogP contribution in [0.3, 0.4) is 0 Å². The van der Waals surface area contributed by atoms with Crippen molar-refractivity contribution in [2.75, 3.05) is 55.5 Å². The van der Waals surface area contributed by atoms with Crippen molar-refractivity contribution in [3.63, 3.8) is 0 Å². The fourth-order valence-corrected chi connectivity index (χ4v) is 8.11. The van der Waals surface area contributed by atoms with Gasteiger partial charge in [-0.15, -0.1) is 5.71 Å². The SMILES string of the molecule is CC[PH+](CC)CC.CC[PH+](CC)CC.CC[PH+](CC)CC.[N-]=C(c1ccccc1)c1ccccc1.[Rh]. The molecule has 0 amide bonds. The third kappa shape index (κ3) is 21.0. The average molecular weight is 641 g/mol. The minimum absolute atomic E-state index is 0. The molecule has 0 N–H and O–H groups in total. The standard InChI is InChI=1S/C13H10N.3C6H15P.Rh/c14-13(11-7-3-1-4-8-11)12-9-5-2-6-10-12;3*1-4-7(5-2)6-3;/h1-10H;3*4-6H2,1-3H3;/q-1;;;;/p+3. The fraction of sp³-hybridized carbons (Fsp3) is 0.581. The normalized spacial score (nSPS) is 9.78. The Morgan fingerprint density at radius 3 is 0.778 bits per heavy atom. The van der Waals surface area contributed by atoms with E-state index in [0.29, 0.717) is 5.71 Å². The Morgan fingerprint density at radius 1 is 0.444 bits per heavy atom. The van der Waals surface area contributed by atoms with Crippen molar-refractivity contribution in [2.45, 2.75) is 62.3 Å². The zero-order valence-electron chi connectivity index (χ0n) is 24.9. The maximum Gasteiger partial charge on any atom is 0.0543 e. The molecule has 2 rings (SSSR count). The van der Waals surface area contributed by atoms with Gasteiger partial charge in [0, 0.05) is 19.5 Å². The molecule has 0 spiro atoms. The van der Waals surface area contributed by atoms with Crippen molar-refractivity contribution in [1.29, 1.82) is 0 Å². The molecule has 0 aliphatic carbocycles. The molecular formula is C31H58NP3Rh+2. The van der Waals surface area contributed by atoms with Gasteiger partial charge < -0.3 is 5.41 Å². The molecule has 0 aliphatic rings. The molecule has 0 aliphatic heterocycles. The Balaban J connectivity index is -0.000000430. The van der Waals surface area contributed by atoms with Gasteiger partial charge in [-0.2, -0.15) is 0 Å². The molecule has 0 bridgehead atoms. The fourth-order valence-electron chi connectivity index (χ4n) is 3.61. The summed E-state index contributed by atoms with van der Waals surface area (Å²) < 4.78 is 0. The molecule has 0 saturated carbocycles. The summed E-state index contributed by atoms with van der Waals surface area (Å²) in [4.78, 5) is 0. The number of hydrogen-bond acceptors (Lipinski definition) is 0. The van der Waals surface area contributed by atoms with Crippen molar-refractivity contribution in [3.8, 4) is 0 Å². The summed E-state index contributed by atoms with van der Waals surface area (Å²) in [6.07, 6.45) is 13.1. The monoisotopic (exact) mass is 640 g/mol. The average Bonchev–Trinajstić information content (AvgIpc) is 2.93. The minimum atomic E-state index is 0. The Morgan fingerprint density at radius 2 is 0.639 bits per heavy atom. The van der Waals surface area contributed by atoms with Crippen LogP contribution in [-0.4, -0.2) is 61.2 Å². The third-order valence-electron chi connectivity index (χ3n) is 6.59. The molecule has 0 unspecified atom stereocenters. The van der Waals surface area contributed by atoms with Crippen LogP contribution in [0.4, 0.5) is 0 Å². The first kappa shape index (κ1) is 40.5. The van der Waals surface area contributed by atoms with E-state index < -0.39 is 0 Å². The molecule has 0 aromatic heterocycles. The molecule has 1 radical (unpaired) electrons. The molecule has 2 aromatic rings. The summed E-state index contributed by atoms with van der Waals surface area (Å²) in [6.45, 7) is 20.8. The molecule has 0 atom stereocenters. The smallest absolute Gasteiger partial charge is 0.0543 e. The molecule has 36 heavy (non-hydrogen) atoms. The van der Waals surface area contributed by atoms with E-state index in [-0.39, 0.29) is 43.2 Å². The zero-order chi connectivity index (χ0) is 26.9. The molecule has 1 nitrogen and oxygen atoms in total. The van der Waals surface area contributed by atoms with E-state index in [1.807, 2.05) is 60.7 Å². The predicted molar refractivity (Wildman–Crippen MR) is 179 cm³/mol. The van der Waals surface area contributed by atoms with Gasteiger partial charge in [0.15, 0.2) is 0 Å². The molecule has 5 heteroatoms. The third-order valence-corrected chi connectivity index (χ3v) is 15.6. The van der Waals surface area contributed by atoms with Gasteiger partial charge in [0.2, 0.25) is 0 Å². The molecule has 0 saturated heterocycles. The summed E-state index contributed by atoms with van der Waals surface area (Å²) in [6, 6.07) is 19.1. The molecule has 0 fully saturated rings. The van der Waals surface area contributed by atoms with E-state index in [1.165, 1.54) is 55.5 Å². The van der Waals surface area contributed by atoms with Crippen molar-refractivity contribution < 1.29 is 19.5 Å². The van der Waals surface area contributed by atoms with E-state index >= 15 is 0 Å². The van der Waals surface area contributed by atoms with Crippen LogP contribution >= 0.6 is 23.8 Å². The largest absolute Gasteiger partial charge is 0.803 e. The van der Waals surface area contributed by atoms with Gasteiger partial charge in [0.05, 0.1) is 55.5 Å². The first-order valence-electron chi connectivity index (χ1n) is 14.1. The van der Waals surface area contributed by atoms with Gasteiger partial charge in [-0.1, -0.05) is 60.7 Å². The summed E-state index contributed by atoms with van der Waals surface area (Å²) in [5, 5.41) is 9.91. The molecule has 0 heterocycles. The van der Waals surface area contributed by atoms with Gasteiger partial charge >= 0.3 is 0 Å². The number of hydrogen-bond donors (Lipinski definition) is 0. The van der Waals surface area contributed by atoms with E-state index in [1.54, 1.807) is 0 Å². The van der Waals surface area contributed by atoms with Crippen LogP contribution in [0.15, 0.2) is 60.7 Å². The van der Waals surface area contributed by atoms with Crippen LogP contribution in [0.25, 0.3) is 5.41 Å². The van der Waals surface area contributed by atoms with Crippen molar-refractivity contribution >= 4 is 29.5 Å². The van der Waals surface area contributed by atoms with Crippen LogP contribution in [0.2, 0.25) is 0 Å². The Labute approximate surface area is 243 Å². The second-order valence-electron chi connectivity index (χ2n) is 8.51. The summed E-state index contributed by atoms with van der Waals surface area (Å²) in [5.41, 5.74) is 2.02. The molecule has 209 valence electrons. The van der Waals surface area contributed by atoms with Gasteiger partial charge in [0.25, 0.3) is 0 Å². The summed E-state index contributed by atoms with van der Waals surface area (Å²) >= 11 is 0. The van der Waals surface area contributed by atoms with Crippen LogP contribution in [-0.2, 0) is 19.5 Å². The minimum Gasteiger partial charge on any atom is -0.803 e. The number of rotatable bonds is 11. The maximum absolute atomic E-state index is 9.91. The topological polar surface area (TPSA) is 22.3 Å². The van der Waals surface area contributed by atoms with Gasteiger partial charge in [0.1, 0.15) is 0 Å². The second-order valence-corrected chi connectivity index (χ2v) is 19.4. The van der Waals surface area contributed by atoms with E-state index in [4.69, 9.17) is 0 Å². The Hall–Kier alpha value is 0.0234. The zero-order valence-corrected chi connectivity index (χ0v) is 29.6. The van der Waals surface area contributed by atoms with Crippen LogP contribution in [0.1, 0.15) is 73.4 Å². The summed E-state index contributed by atoms with van der Waals surface area (Å²) in [5.74, 6) is 0. The van der Waals surface area contributed by atoms with Crippen molar-refractivity contribution in [1.82, 2.24) is 0 Å². The molecular weight excluding hydrogens is 582 g/mol.